The summed E-state index contributed by atoms with van der Waals surface area (Å²) in [6.45, 7) is -0.0702. The fourth-order valence-corrected chi connectivity index (χ4v) is 3.73. The topological polar surface area (TPSA) is 104 Å². The number of nitriles is 1. The van der Waals surface area contributed by atoms with Crippen LogP contribution in [0.2, 0.25) is 5.02 Å². The quantitative estimate of drug-likeness (QED) is 0.576. The van der Waals surface area contributed by atoms with Gasteiger partial charge in [0, 0.05) is 12.6 Å². The number of hydrogen-bond acceptors (Lipinski definition) is 5. The van der Waals surface area contributed by atoms with Crippen molar-refractivity contribution >= 4 is 33.0 Å². The van der Waals surface area contributed by atoms with E-state index in [4.69, 9.17) is 16.9 Å². The van der Waals surface area contributed by atoms with Crippen molar-refractivity contribution in [2.24, 2.45) is 0 Å². The summed E-state index contributed by atoms with van der Waals surface area (Å²) in [5, 5.41) is 19.6. The van der Waals surface area contributed by atoms with Gasteiger partial charge in [-0.15, -0.1) is 0 Å². The Labute approximate surface area is 143 Å². The number of nitro benzene ring substituents is 1. The second-order valence-electron chi connectivity index (χ2n) is 4.69. The van der Waals surface area contributed by atoms with E-state index in [1.165, 1.54) is 12.1 Å². The molecule has 124 valence electrons. The van der Waals surface area contributed by atoms with Crippen LogP contribution in [0.25, 0.3) is 0 Å². The molecule has 0 fully saturated rings. The van der Waals surface area contributed by atoms with E-state index in [1.54, 1.807) is 30.3 Å². The maximum Gasteiger partial charge on any atom is 0.289 e. The van der Waals surface area contributed by atoms with Gasteiger partial charge in [0.25, 0.3) is 15.7 Å². The van der Waals surface area contributed by atoms with Crippen molar-refractivity contribution in [1.29, 1.82) is 5.26 Å². The third-order valence-corrected chi connectivity index (χ3v) is 5.32. The Morgan fingerprint density at radius 3 is 2.46 bits per heavy atom. The molecular formula is C15H12ClN3O4S. The van der Waals surface area contributed by atoms with Crippen molar-refractivity contribution in [3.8, 4) is 6.07 Å². The zero-order chi connectivity index (χ0) is 17.7. The summed E-state index contributed by atoms with van der Waals surface area (Å²) in [6, 6.07) is 13.4. The molecule has 0 saturated heterocycles. The molecule has 0 amide bonds. The average molecular weight is 366 g/mol. The zero-order valence-corrected chi connectivity index (χ0v) is 13.9. The molecule has 7 nitrogen and oxygen atoms in total. The second kappa shape index (κ2) is 7.29. The van der Waals surface area contributed by atoms with Gasteiger partial charge in [-0.3, -0.25) is 14.4 Å². The Kier molecular flexibility index (Phi) is 5.39. The summed E-state index contributed by atoms with van der Waals surface area (Å²) >= 11 is 5.73. The van der Waals surface area contributed by atoms with E-state index in [-0.39, 0.29) is 22.9 Å². The van der Waals surface area contributed by atoms with Gasteiger partial charge in [0.2, 0.25) is 0 Å². The Morgan fingerprint density at radius 1 is 1.21 bits per heavy atom. The van der Waals surface area contributed by atoms with E-state index in [9.17, 15) is 18.5 Å². The molecule has 0 saturated carbocycles. The first kappa shape index (κ1) is 17.7. The highest BCUT2D eigenvalue weighted by molar-refractivity contribution is 7.92. The van der Waals surface area contributed by atoms with Gasteiger partial charge in [0.15, 0.2) is 0 Å². The molecule has 0 atom stereocenters. The molecule has 9 heteroatoms. The van der Waals surface area contributed by atoms with E-state index < -0.39 is 20.6 Å². The minimum absolute atomic E-state index is 0.0240. The van der Waals surface area contributed by atoms with Gasteiger partial charge < -0.3 is 0 Å². The number of para-hydroxylation sites is 1. The van der Waals surface area contributed by atoms with Crippen molar-refractivity contribution in [3.63, 3.8) is 0 Å². The Balaban J connectivity index is 2.55. The van der Waals surface area contributed by atoms with Gasteiger partial charge in [-0.1, -0.05) is 29.8 Å². The average Bonchev–Trinajstić information content (AvgIpc) is 2.56. The highest BCUT2D eigenvalue weighted by Gasteiger charge is 2.27. The number of anilines is 1. The maximum absolute atomic E-state index is 12.9. The largest absolute Gasteiger partial charge is 0.289 e. The molecule has 2 aromatic carbocycles. The highest BCUT2D eigenvalue weighted by Crippen LogP contribution is 2.30. The molecule has 0 aliphatic rings. The van der Waals surface area contributed by atoms with Gasteiger partial charge in [-0.05, 0) is 24.3 Å². The maximum atomic E-state index is 12.9. The zero-order valence-electron chi connectivity index (χ0n) is 12.3. The summed E-state index contributed by atoms with van der Waals surface area (Å²) in [5.41, 5.74) is -0.128. The SMILES string of the molecule is N#CCCN(c1ccccc1)S(=O)(=O)c1ccc(Cl)c([N+](=O)[O-])c1. The van der Waals surface area contributed by atoms with E-state index in [2.05, 4.69) is 0 Å². The normalized spacial score (nSPS) is 10.8. The summed E-state index contributed by atoms with van der Waals surface area (Å²) < 4.78 is 26.8. The molecule has 2 rings (SSSR count). The third-order valence-electron chi connectivity index (χ3n) is 3.17. The number of sulfonamides is 1. The molecule has 24 heavy (non-hydrogen) atoms. The van der Waals surface area contributed by atoms with Crippen molar-refractivity contribution in [2.75, 3.05) is 10.8 Å². The number of hydrogen-bond donors (Lipinski definition) is 0. The van der Waals surface area contributed by atoms with Crippen LogP contribution in [0.1, 0.15) is 6.42 Å². The van der Waals surface area contributed by atoms with Crippen molar-refractivity contribution < 1.29 is 13.3 Å². The predicted molar refractivity (Wildman–Crippen MR) is 89.3 cm³/mol. The lowest BCUT2D eigenvalue weighted by molar-refractivity contribution is -0.384. The molecule has 0 aliphatic carbocycles. The van der Waals surface area contributed by atoms with E-state index >= 15 is 0 Å². The van der Waals surface area contributed by atoms with Crippen LogP contribution >= 0.6 is 11.6 Å². The van der Waals surface area contributed by atoms with Crippen molar-refractivity contribution in [3.05, 3.63) is 63.7 Å². The second-order valence-corrected chi connectivity index (χ2v) is 6.96. The van der Waals surface area contributed by atoms with Gasteiger partial charge in [-0.2, -0.15) is 5.26 Å². The van der Waals surface area contributed by atoms with Crippen LogP contribution in [-0.4, -0.2) is 19.9 Å². The molecule has 0 heterocycles. The van der Waals surface area contributed by atoms with Gasteiger partial charge in [0.1, 0.15) is 5.02 Å². The first-order chi connectivity index (χ1) is 11.4. The molecular weight excluding hydrogens is 354 g/mol. The molecule has 0 aliphatic heterocycles. The van der Waals surface area contributed by atoms with E-state index in [0.717, 1.165) is 10.4 Å². The minimum atomic E-state index is -4.08. The summed E-state index contributed by atoms with van der Waals surface area (Å²) in [5.74, 6) is 0. The van der Waals surface area contributed by atoms with Crippen LogP contribution in [0.5, 0.6) is 0 Å². The number of rotatable bonds is 6. The first-order valence-electron chi connectivity index (χ1n) is 6.76. The molecule has 2 aromatic rings. The van der Waals surface area contributed by atoms with Crippen LogP contribution < -0.4 is 4.31 Å². The Hall–Kier alpha value is -2.63. The molecule has 0 bridgehead atoms. The lowest BCUT2D eigenvalue weighted by Crippen LogP contribution is -2.32. The third kappa shape index (κ3) is 3.64. The van der Waals surface area contributed by atoms with Crippen LogP contribution in [0.3, 0.4) is 0 Å². The fraction of sp³-hybridized carbons (Fsp3) is 0.133. The summed E-state index contributed by atoms with van der Waals surface area (Å²) in [4.78, 5) is 9.97. The summed E-state index contributed by atoms with van der Waals surface area (Å²) in [7, 11) is -4.08. The number of benzene rings is 2. The number of nitrogens with zero attached hydrogens (tertiary/aromatic N) is 3. The monoisotopic (exact) mass is 365 g/mol. The van der Waals surface area contributed by atoms with E-state index in [1.807, 2.05) is 6.07 Å². The molecule has 0 aromatic heterocycles. The Bertz CT molecular complexity index is 895. The Morgan fingerprint density at radius 2 is 1.88 bits per heavy atom. The first-order valence-corrected chi connectivity index (χ1v) is 8.58. The molecule has 0 radical (unpaired) electrons. The van der Waals surface area contributed by atoms with Gasteiger partial charge >= 0.3 is 0 Å². The number of nitro groups is 1. The van der Waals surface area contributed by atoms with Gasteiger partial charge in [-0.25, -0.2) is 8.42 Å². The van der Waals surface area contributed by atoms with Crippen molar-refractivity contribution in [1.82, 2.24) is 0 Å². The lowest BCUT2D eigenvalue weighted by atomic mass is 10.3. The summed E-state index contributed by atoms with van der Waals surface area (Å²) in [6.07, 6.45) is -0.0240. The van der Waals surface area contributed by atoms with Crippen LogP contribution in [-0.2, 0) is 10.0 Å². The standard InChI is InChI=1S/C15H12ClN3O4S/c16-14-8-7-13(11-15(14)19(20)21)24(22,23)18(10-4-9-17)12-5-2-1-3-6-12/h1-3,5-8,11H,4,10H2. The molecule has 0 unspecified atom stereocenters. The lowest BCUT2D eigenvalue weighted by Gasteiger charge is -2.23. The minimum Gasteiger partial charge on any atom is -0.265 e. The smallest absolute Gasteiger partial charge is 0.265 e. The van der Waals surface area contributed by atoms with Crippen LogP contribution in [0, 0.1) is 21.4 Å². The molecule has 0 N–H and O–H groups in total. The number of halogens is 1. The molecule has 0 spiro atoms. The van der Waals surface area contributed by atoms with Crippen LogP contribution in [0.15, 0.2) is 53.4 Å². The predicted octanol–water partition coefficient (Wildman–Crippen LogP) is 3.36. The highest BCUT2D eigenvalue weighted by atomic mass is 35.5. The fourth-order valence-electron chi connectivity index (χ4n) is 2.05. The van der Waals surface area contributed by atoms with E-state index in [0.29, 0.717) is 5.69 Å². The van der Waals surface area contributed by atoms with Crippen LogP contribution in [0.4, 0.5) is 11.4 Å². The van der Waals surface area contributed by atoms with Crippen molar-refractivity contribution in [2.45, 2.75) is 11.3 Å². The van der Waals surface area contributed by atoms with Gasteiger partial charge in [0.05, 0.1) is 28.0 Å².